The third kappa shape index (κ3) is 4.64. The summed E-state index contributed by atoms with van der Waals surface area (Å²) in [6.45, 7) is 24.4. The molecule has 0 saturated heterocycles. The van der Waals surface area contributed by atoms with Gasteiger partial charge in [0.25, 0.3) is 6.71 Å². The van der Waals surface area contributed by atoms with E-state index in [0.29, 0.717) is 5.41 Å². The molecule has 2 bridgehead atoms. The topological polar surface area (TPSA) is 3.24 Å². The van der Waals surface area contributed by atoms with Crippen LogP contribution in [0.1, 0.15) is 134 Å². The van der Waals surface area contributed by atoms with Crippen molar-refractivity contribution in [3.63, 3.8) is 0 Å². The number of fused-ring (bicyclic) bond motifs is 7. The molecule has 1 nitrogen and oxygen atoms in total. The average Bonchev–Trinajstić information content (AvgIpc) is 3.43. The van der Waals surface area contributed by atoms with E-state index in [0.717, 1.165) is 0 Å². The second-order valence-electron chi connectivity index (χ2n) is 19.5. The van der Waals surface area contributed by atoms with Crippen LogP contribution in [0.3, 0.4) is 0 Å². The number of rotatable bonds is 2. The van der Waals surface area contributed by atoms with Gasteiger partial charge in [-0.1, -0.05) is 110 Å². The maximum atomic E-state index is 2.69. The Morgan fingerprint density at radius 2 is 1.32 bits per heavy atom. The van der Waals surface area contributed by atoms with Crippen molar-refractivity contribution in [2.75, 3.05) is 4.90 Å². The number of thiophene rings is 1. The smallest absolute Gasteiger partial charge is 0.259 e. The zero-order valence-electron chi connectivity index (χ0n) is 32.1. The lowest BCUT2D eigenvalue weighted by Crippen LogP contribution is -2.56. The van der Waals surface area contributed by atoms with Gasteiger partial charge in [0.05, 0.1) is 5.69 Å². The van der Waals surface area contributed by atoms with Crippen molar-refractivity contribution in [1.29, 1.82) is 0 Å². The number of benzene rings is 4. The van der Waals surface area contributed by atoms with Crippen LogP contribution in [0.15, 0.2) is 72.8 Å². The predicted octanol–water partition coefficient (Wildman–Crippen LogP) is 11.3. The van der Waals surface area contributed by atoms with E-state index >= 15 is 0 Å². The Labute approximate surface area is 305 Å². The molecule has 0 N–H and O–H groups in total. The van der Waals surface area contributed by atoms with Crippen LogP contribution in [0.2, 0.25) is 0 Å². The zero-order valence-corrected chi connectivity index (χ0v) is 32.9. The highest BCUT2D eigenvalue weighted by Gasteiger charge is 2.49. The molecule has 5 aliphatic rings. The fraction of sp³-hybridized carbons (Fsp3) is 0.447. The first-order chi connectivity index (χ1) is 23.5. The molecule has 5 aromatic rings. The molecule has 3 heteroatoms. The van der Waals surface area contributed by atoms with E-state index in [-0.39, 0.29) is 28.4 Å². The van der Waals surface area contributed by atoms with E-state index in [1.54, 1.807) is 11.1 Å². The Morgan fingerprint density at radius 1 is 0.660 bits per heavy atom. The second-order valence-corrected chi connectivity index (χ2v) is 20.6. The molecule has 50 heavy (non-hydrogen) atoms. The fourth-order valence-electron chi connectivity index (χ4n) is 10.3. The Bertz CT molecular complexity index is 2220. The Morgan fingerprint density at radius 3 is 2.00 bits per heavy atom. The van der Waals surface area contributed by atoms with Crippen molar-refractivity contribution in [3.8, 4) is 0 Å². The minimum absolute atomic E-state index is 0.0861. The van der Waals surface area contributed by atoms with E-state index in [1.807, 2.05) is 0 Å². The minimum Gasteiger partial charge on any atom is -0.310 e. The van der Waals surface area contributed by atoms with Crippen molar-refractivity contribution in [3.05, 3.63) is 106 Å². The summed E-state index contributed by atoms with van der Waals surface area (Å²) in [6.07, 6.45) is 7.68. The summed E-state index contributed by atoms with van der Waals surface area (Å²) in [7, 11) is 0. The van der Waals surface area contributed by atoms with Crippen LogP contribution < -0.4 is 20.6 Å². The van der Waals surface area contributed by atoms with Gasteiger partial charge in [0.15, 0.2) is 0 Å². The lowest BCUT2D eigenvalue weighted by molar-refractivity contribution is 0.188. The molecule has 4 aromatic carbocycles. The molecule has 1 aliphatic heterocycles. The monoisotopic (exact) mass is 675 g/mol. The maximum Gasteiger partial charge on any atom is 0.259 e. The van der Waals surface area contributed by atoms with Crippen LogP contribution in [0, 0.1) is 6.92 Å². The molecule has 256 valence electrons. The average molecular weight is 676 g/mol. The van der Waals surface area contributed by atoms with Gasteiger partial charge in [0, 0.05) is 26.2 Å². The first kappa shape index (κ1) is 32.6. The summed E-state index contributed by atoms with van der Waals surface area (Å²) in [6, 6.07) is 29.6. The van der Waals surface area contributed by atoms with Gasteiger partial charge in [-0.3, -0.25) is 0 Å². The van der Waals surface area contributed by atoms with Crippen LogP contribution in [0.5, 0.6) is 0 Å². The summed E-state index contributed by atoms with van der Waals surface area (Å²) in [5.41, 5.74) is 16.9. The van der Waals surface area contributed by atoms with Gasteiger partial charge >= 0.3 is 0 Å². The molecular weight excluding hydrogens is 621 g/mol. The van der Waals surface area contributed by atoms with Crippen LogP contribution >= 0.6 is 11.3 Å². The fourth-order valence-corrected chi connectivity index (χ4v) is 11.7. The summed E-state index contributed by atoms with van der Waals surface area (Å²) in [5.74, 6) is 0. The standard InChI is InChI=1S/C47H54BNS/c1-29-14-17-38-39(24-29)49(32-15-16-34-35(26-32)45(7,8)19-18-44(34,5)6)41-33-27-36-37(47(10)22-20-46(36,9)21-23-47)28-40(33)50-42(41)48(38)31-13-11-12-30(25-31)43(2,3)4/h11-17,24-28H,18-23H2,1-10H3. The quantitative estimate of drug-likeness (QED) is 0.165. The van der Waals surface area contributed by atoms with Crippen molar-refractivity contribution in [2.45, 2.75) is 135 Å². The van der Waals surface area contributed by atoms with Crippen LogP contribution in [0.4, 0.5) is 17.1 Å². The molecule has 2 heterocycles. The number of nitrogens with zero attached hydrogens (tertiary/aromatic N) is 1. The molecule has 0 spiro atoms. The summed E-state index contributed by atoms with van der Waals surface area (Å²) in [4.78, 5) is 2.69. The van der Waals surface area contributed by atoms with Gasteiger partial charge in [-0.25, -0.2) is 0 Å². The van der Waals surface area contributed by atoms with Crippen molar-refractivity contribution >= 4 is 60.9 Å². The van der Waals surface area contributed by atoms with Gasteiger partial charge in [-0.05, 0) is 142 Å². The molecule has 1 saturated carbocycles. The van der Waals surface area contributed by atoms with Crippen molar-refractivity contribution in [2.24, 2.45) is 0 Å². The first-order valence-electron chi connectivity index (χ1n) is 19.3. The minimum atomic E-state index is 0.0861. The van der Waals surface area contributed by atoms with Gasteiger partial charge < -0.3 is 4.90 Å². The van der Waals surface area contributed by atoms with Gasteiger partial charge in [0.1, 0.15) is 0 Å². The van der Waals surface area contributed by atoms with Gasteiger partial charge in [-0.2, -0.15) is 0 Å². The van der Waals surface area contributed by atoms with E-state index in [9.17, 15) is 0 Å². The predicted molar refractivity (Wildman–Crippen MR) is 220 cm³/mol. The first-order valence-corrected chi connectivity index (χ1v) is 20.1. The highest BCUT2D eigenvalue weighted by atomic mass is 32.1. The number of anilines is 3. The lowest BCUT2D eigenvalue weighted by Gasteiger charge is -2.52. The Balaban J connectivity index is 1.36. The number of hydrogen-bond acceptors (Lipinski definition) is 2. The highest BCUT2D eigenvalue weighted by molar-refractivity contribution is 7.33. The highest BCUT2D eigenvalue weighted by Crippen LogP contribution is 2.58. The molecule has 4 aliphatic carbocycles. The molecule has 1 fully saturated rings. The Hall–Kier alpha value is -3.30. The largest absolute Gasteiger partial charge is 0.310 e. The third-order valence-corrected chi connectivity index (χ3v) is 15.2. The summed E-state index contributed by atoms with van der Waals surface area (Å²) < 4.78 is 2.95. The summed E-state index contributed by atoms with van der Waals surface area (Å²) in [5, 5.41) is 1.45. The van der Waals surface area contributed by atoms with Crippen molar-refractivity contribution < 1.29 is 0 Å². The van der Waals surface area contributed by atoms with E-state index in [4.69, 9.17) is 0 Å². The Kier molecular flexibility index (Phi) is 6.78. The molecule has 0 radical (unpaired) electrons. The SMILES string of the molecule is Cc1ccc2c(c1)N(c1ccc3c(c1)C(C)(C)CCC3(C)C)c1c(sc3cc4c(cc13)C1(C)CCC4(C)CC1)B2c1cccc(C(C)(C)C)c1. The molecule has 0 unspecified atom stereocenters. The van der Waals surface area contributed by atoms with Gasteiger partial charge in [0.2, 0.25) is 0 Å². The second kappa shape index (κ2) is 10.4. The lowest BCUT2D eigenvalue weighted by atomic mass is 9.38. The van der Waals surface area contributed by atoms with Gasteiger partial charge in [-0.15, -0.1) is 11.3 Å². The zero-order chi connectivity index (χ0) is 35.2. The molecule has 1 aromatic heterocycles. The third-order valence-electron chi connectivity index (χ3n) is 14.0. The van der Waals surface area contributed by atoms with Crippen LogP contribution in [0.25, 0.3) is 10.1 Å². The maximum absolute atomic E-state index is 2.69. The van der Waals surface area contributed by atoms with Crippen molar-refractivity contribution in [1.82, 2.24) is 0 Å². The van der Waals surface area contributed by atoms with E-state index < -0.39 is 0 Å². The van der Waals surface area contributed by atoms with E-state index in [1.165, 1.54) is 104 Å². The van der Waals surface area contributed by atoms with E-state index in [2.05, 4.69) is 158 Å². The molecule has 0 atom stereocenters. The normalized spacial score (nSPS) is 24.5. The van der Waals surface area contributed by atoms with Crippen LogP contribution in [-0.4, -0.2) is 6.71 Å². The number of hydrogen-bond donors (Lipinski definition) is 0. The summed E-state index contributed by atoms with van der Waals surface area (Å²) >= 11 is 2.07. The van der Waals surface area contributed by atoms with Crippen LogP contribution in [-0.2, 0) is 27.1 Å². The number of aryl methyl sites for hydroxylation is 1. The molecular formula is C47H54BNS. The molecule has 10 rings (SSSR count). The molecule has 0 amide bonds.